The first kappa shape index (κ1) is 18.2. The molecule has 0 bridgehead atoms. The number of benzene rings is 2. The van der Waals surface area contributed by atoms with Crippen molar-refractivity contribution in [2.24, 2.45) is 0 Å². The summed E-state index contributed by atoms with van der Waals surface area (Å²) in [6.07, 6.45) is 11.3. The number of pyridine rings is 1. The molecule has 2 aromatic carbocycles. The van der Waals surface area contributed by atoms with Gasteiger partial charge in [0.25, 0.3) is 0 Å². The molecule has 5 rings (SSSR count). The van der Waals surface area contributed by atoms with Gasteiger partial charge in [-0.2, -0.15) is 0 Å². The summed E-state index contributed by atoms with van der Waals surface area (Å²) in [5.74, 6) is 0.499. The Labute approximate surface area is 166 Å². The van der Waals surface area contributed by atoms with E-state index in [1.54, 1.807) is 18.6 Å². The van der Waals surface area contributed by atoms with Crippen LogP contribution in [0.3, 0.4) is 0 Å². The molecule has 0 saturated heterocycles. The van der Waals surface area contributed by atoms with Gasteiger partial charge < -0.3 is 10.3 Å². The van der Waals surface area contributed by atoms with Crippen molar-refractivity contribution >= 4 is 27.9 Å². The lowest BCUT2D eigenvalue weighted by molar-refractivity contribution is 0.629. The van der Waals surface area contributed by atoms with Gasteiger partial charge in [0.15, 0.2) is 5.65 Å². The summed E-state index contributed by atoms with van der Waals surface area (Å²) in [6, 6.07) is 16.3. The van der Waals surface area contributed by atoms with E-state index in [0.29, 0.717) is 12.2 Å². The molecule has 6 nitrogen and oxygen atoms in total. The van der Waals surface area contributed by atoms with Gasteiger partial charge >= 0.3 is 0 Å². The molecule has 0 aliphatic rings. The van der Waals surface area contributed by atoms with E-state index in [4.69, 9.17) is 4.98 Å². The number of terminal acetylenes is 1. The quantitative estimate of drug-likeness (QED) is 0.453. The summed E-state index contributed by atoms with van der Waals surface area (Å²) < 4.78 is 15.8. The average Bonchev–Trinajstić information content (AvgIpc) is 3.38. The van der Waals surface area contributed by atoms with Gasteiger partial charge in [0.1, 0.15) is 17.2 Å². The number of aromatic nitrogens is 5. The van der Waals surface area contributed by atoms with Gasteiger partial charge in [-0.05, 0) is 30.3 Å². The second kappa shape index (κ2) is 7.82. The number of aromatic amines is 1. The Morgan fingerprint density at radius 3 is 2.69 bits per heavy atom. The summed E-state index contributed by atoms with van der Waals surface area (Å²) in [4.78, 5) is 16.2. The van der Waals surface area contributed by atoms with Gasteiger partial charge in [-0.3, -0.25) is 4.57 Å². The van der Waals surface area contributed by atoms with E-state index in [1.807, 2.05) is 41.0 Å². The van der Waals surface area contributed by atoms with Gasteiger partial charge in [0.2, 0.25) is 0 Å². The third kappa shape index (κ3) is 3.39. The predicted octanol–water partition coefficient (Wildman–Crippen LogP) is 4.30. The van der Waals surface area contributed by atoms with Crippen LogP contribution in [-0.2, 0) is 6.54 Å². The zero-order valence-electron chi connectivity index (χ0n) is 15.4. The number of anilines is 1. The first-order valence-electron chi connectivity index (χ1n) is 8.87. The topological polar surface area (TPSA) is 71.4 Å². The van der Waals surface area contributed by atoms with Crippen LogP contribution in [0.15, 0.2) is 67.1 Å². The molecule has 0 fully saturated rings. The fraction of sp³-hybridized carbons (Fsp3) is 0.0455. The van der Waals surface area contributed by atoms with Crippen molar-refractivity contribution in [2.45, 2.75) is 6.54 Å². The SMILES string of the molecule is C#C.Fc1ccc2nc(CNc3ccnc4nc[nH]c34)n(-c3ccccc3)c2c1. The number of hydrogen-bond donors (Lipinski definition) is 2. The number of halogens is 1. The van der Waals surface area contributed by atoms with Gasteiger partial charge in [-0.1, -0.05) is 18.2 Å². The highest BCUT2D eigenvalue weighted by Gasteiger charge is 2.14. The third-order valence-electron chi connectivity index (χ3n) is 4.46. The number of rotatable bonds is 4. The maximum atomic E-state index is 13.9. The summed E-state index contributed by atoms with van der Waals surface area (Å²) in [6.45, 7) is 0.462. The van der Waals surface area contributed by atoms with Crippen molar-refractivity contribution in [1.29, 1.82) is 0 Å². The molecule has 0 saturated carbocycles. The lowest BCUT2D eigenvalue weighted by atomic mass is 10.2. The molecule has 3 aromatic heterocycles. The van der Waals surface area contributed by atoms with Crippen LogP contribution in [0.4, 0.5) is 10.1 Å². The van der Waals surface area contributed by atoms with Crippen molar-refractivity contribution in [1.82, 2.24) is 24.5 Å². The largest absolute Gasteiger partial charge is 0.376 e. The summed E-state index contributed by atoms with van der Waals surface area (Å²) in [7, 11) is 0. The number of hydrogen-bond acceptors (Lipinski definition) is 4. The molecule has 0 radical (unpaired) electrons. The number of nitrogens with zero attached hydrogens (tertiary/aromatic N) is 4. The van der Waals surface area contributed by atoms with Gasteiger partial charge in [0, 0.05) is 18.0 Å². The number of nitrogens with one attached hydrogen (secondary N) is 2. The van der Waals surface area contributed by atoms with E-state index in [1.165, 1.54) is 12.1 Å². The number of imidazole rings is 2. The first-order valence-corrected chi connectivity index (χ1v) is 8.87. The van der Waals surface area contributed by atoms with Gasteiger partial charge in [-0.15, -0.1) is 12.8 Å². The second-order valence-corrected chi connectivity index (χ2v) is 6.15. The van der Waals surface area contributed by atoms with Gasteiger partial charge in [0.05, 0.1) is 29.6 Å². The van der Waals surface area contributed by atoms with Crippen molar-refractivity contribution in [2.75, 3.05) is 5.32 Å². The van der Waals surface area contributed by atoms with E-state index in [2.05, 4.69) is 33.1 Å². The minimum Gasteiger partial charge on any atom is -0.376 e. The first-order chi connectivity index (χ1) is 14.3. The Morgan fingerprint density at radius 1 is 1.03 bits per heavy atom. The lowest BCUT2D eigenvalue weighted by Gasteiger charge is -2.11. The molecular weight excluding hydrogens is 367 g/mol. The second-order valence-electron chi connectivity index (χ2n) is 6.15. The molecule has 0 atom stereocenters. The van der Waals surface area contributed by atoms with Crippen molar-refractivity contribution in [3.63, 3.8) is 0 Å². The molecule has 0 aliphatic heterocycles. The summed E-state index contributed by atoms with van der Waals surface area (Å²) >= 11 is 0. The normalized spacial score (nSPS) is 10.6. The van der Waals surface area contributed by atoms with Crippen molar-refractivity contribution in [3.8, 4) is 18.5 Å². The third-order valence-corrected chi connectivity index (χ3v) is 4.46. The summed E-state index contributed by atoms with van der Waals surface area (Å²) in [5, 5.41) is 3.39. The monoisotopic (exact) mass is 384 g/mol. The van der Waals surface area contributed by atoms with Crippen LogP contribution in [-0.4, -0.2) is 24.5 Å². The molecule has 7 heteroatoms. The number of fused-ring (bicyclic) bond motifs is 2. The van der Waals surface area contributed by atoms with E-state index >= 15 is 0 Å². The maximum absolute atomic E-state index is 13.9. The zero-order chi connectivity index (χ0) is 20.2. The van der Waals surface area contributed by atoms with Crippen LogP contribution in [0.2, 0.25) is 0 Å². The van der Waals surface area contributed by atoms with Crippen LogP contribution in [0.1, 0.15) is 5.82 Å². The van der Waals surface area contributed by atoms with E-state index in [9.17, 15) is 4.39 Å². The van der Waals surface area contributed by atoms with Gasteiger partial charge in [-0.25, -0.2) is 19.3 Å². The van der Waals surface area contributed by atoms with Crippen LogP contribution >= 0.6 is 0 Å². The Bertz CT molecular complexity index is 1290. The highest BCUT2D eigenvalue weighted by Crippen LogP contribution is 2.24. The van der Waals surface area contributed by atoms with E-state index < -0.39 is 0 Å². The standard InChI is InChI=1S/C20H15FN6.C2H2/c21-13-6-7-15-17(10-13)27(14-4-2-1-3-5-14)18(26-15)11-23-16-8-9-22-20-19(16)24-12-25-20;1-2/h1-10,12H,11H2,(H2,22,23,24,25);1-2H. The lowest BCUT2D eigenvalue weighted by Crippen LogP contribution is -2.08. The number of para-hydroxylation sites is 1. The molecule has 142 valence electrons. The Balaban J connectivity index is 0.000000994. The number of H-pyrrole nitrogens is 1. The molecule has 0 amide bonds. The molecule has 29 heavy (non-hydrogen) atoms. The Hall–Kier alpha value is -4.18. The Morgan fingerprint density at radius 2 is 1.86 bits per heavy atom. The highest BCUT2D eigenvalue weighted by molar-refractivity contribution is 5.85. The molecule has 5 aromatic rings. The van der Waals surface area contributed by atoms with E-state index in [-0.39, 0.29) is 5.82 Å². The highest BCUT2D eigenvalue weighted by atomic mass is 19.1. The smallest absolute Gasteiger partial charge is 0.179 e. The molecule has 0 spiro atoms. The fourth-order valence-electron chi connectivity index (χ4n) is 3.25. The van der Waals surface area contributed by atoms with Crippen LogP contribution in [0.5, 0.6) is 0 Å². The van der Waals surface area contributed by atoms with Crippen LogP contribution in [0, 0.1) is 18.7 Å². The van der Waals surface area contributed by atoms with Crippen LogP contribution in [0.25, 0.3) is 27.9 Å². The Kier molecular flexibility index (Phi) is 4.91. The van der Waals surface area contributed by atoms with Crippen LogP contribution < -0.4 is 5.32 Å². The minimum atomic E-state index is -0.285. The van der Waals surface area contributed by atoms with Crippen molar-refractivity contribution < 1.29 is 4.39 Å². The predicted molar refractivity (Wildman–Crippen MR) is 112 cm³/mol. The molecule has 2 N–H and O–H groups in total. The summed E-state index contributed by atoms with van der Waals surface area (Å²) in [5.41, 5.74) is 4.79. The molecular formula is C22H17FN6. The molecule has 3 heterocycles. The van der Waals surface area contributed by atoms with Crippen molar-refractivity contribution in [3.05, 3.63) is 78.8 Å². The zero-order valence-corrected chi connectivity index (χ0v) is 15.4. The maximum Gasteiger partial charge on any atom is 0.179 e. The molecule has 0 aliphatic carbocycles. The fourth-order valence-corrected chi connectivity index (χ4v) is 3.25. The minimum absolute atomic E-state index is 0.285. The van der Waals surface area contributed by atoms with E-state index in [0.717, 1.165) is 33.7 Å². The average molecular weight is 384 g/mol. The molecule has 0 unspecified atom stereocenters.